The molecular formula is C14H23N3O. The van der Waals surface area contributed by atoms with Gasteiger partial charge in [-0.15, -0.1) is 0 Å². The standard InChI is InChI=1S/C14H23N3O/c1-10(2)17-13-11(9-15)7-14(8-12(13)18)3-5-16-6-4-14/h9-10,16H,3-8,15H2,1-2H3. The lowest BCUT2D eigenvalue weighted by Gasteiger charge is -2.41. The zero-order chi connectivity index (χ0) is 13.2. The summed E-state index contributed by atoms with van der Waals surface area (Å²) in [5.41, 5.74) is 7.41. The van der Waals surface area contributed by atoms with Gasteiger partial charge in [0.05, 0.1) is 0 Å². The number of Topliss-reactive ketones (excluding diaryl/α,β-unsaturated/α-hetero) is 1. The van der Waals surface area contributed by atoms with Crippen molar-refractivity contribution < 1.29 is 4.79 Å². The number of carbonyl (C=O) groups is 1. The second-order valence-corrected chi connectivity index (χ2v) is 5.79. The Hall–Kier alpha value is -1.16. The number of hydrogen-bond donors (Lipinski definition) is 2. The van der Waals surface area contributed by atoms with E-state index in [0.717, 1.165) is 37.9 Å². The van der Waals surface area contributed by atoms with Crippen molar-refractivity contribution in [2.45, 2.75) is 45.6 Å². The van der Waals surface area contributed by atoms with Crippen LogP contribution < -0.4 is 11.1 Å². The van der Waals surface area contributed by atoms with Gasteiger partial charge in [0.1, 0.15) is 5.71 Å². The molecule has 0 aromatic carbocycles. The highest BCUT2D eigenvalue weighted by molar-refractivity contribution is 6.47. The molecule has 1 saturated carbocycles. The van der Waals surface area contributed by atoms with Crippen molar-refractivity contribution in [1.82, 2.24) is 5.32 Å². The third-order valence-electron chi connectivity index (χ3n) is 3.92. The lowest BCUT2D eigenvalue weighted by Crippen LogP contribution is -2.43. The number of ketones is 1. The zero-order valence-electron chi connectivity index (χ0n) is 11.3. The first-order chi connectivity index (χ1) is 8.56. The van der Waals surface area contributed by atoms with Crippen molar-refractivity contribution in [2.75, 3.05) is 13.1 Å². The van der Waals surface area contributed by atoms with Crippen LogP contribution in [0.3, 0.4) is 0 Å². The summed E-state index contributed by atoms with van der Waals surface area (Å²) >= 11 is 0. The predicted molar refractivity (Wildman–Crippen MR) is 73.6 cm³/mol. The van der Waals surface area contributed by atoms with Crippen LogP contribution in [-0.4, -0.2) is 30.6 Å². The number of nitrogens with one attached hydrogen (secondary N) is 1. The molecule has 2 rings (SSSR count). The van der Waals surface area contributed by atoms with Crippen LogP contribution >= 0.6 is 0 Å². The fraction of sp³-hybridized carbons (Fsp3) is 0.714. The molecule has 1 aliphatic carbocycles. The van der Waals surface area contributed by atoms with E-state index in [1.54, 1.807) is 6.20 Å². The van der Waals surface area contributed by atoms with E-state index in [0.29, 0.717) is 12.1 Å². The summed E-state index contributed by atoms with van der Waals surface area (Å²) in [5.74, 6) is 0.175. The van der Waals surface area contributed by atoms with Gasteiger partial charge in [-0.3, -0.25) is 9.79 Å². The fourth-order valence-corrected chi connectivity index (χ4v) is 3.02. The van der Waals surface area contributed by atoms with Crippen molar-refractivity contribution in [1.29, 1.82) is 0 Å². The van der Waals surface area contributed by atoms with Gasteiger partial charge in [0.15, 0.2) is 5.78 Å². The van der Waals surface area contributed by atoms with Gasteiger partial charge >= 0.3 is 0 Å². The molecule has 1 aliphatic heterocycles. The second kappa shape index (κ2) is 5.22. The Balaban J connectivity index is 2.25. The highest BCUT2D eigenvalue weighted by Crippen LogP contribution is 2.43. The molecule has 0 atom stereocenters. The maximum atomic E-state index is 12.3. The quantitative estimate of drug-likeness (QED) is 0.738. The van der Waals surface area contributed by atoms with E-state index in [1.807, 2.05) is 13.8 Å². The highest BCUT2D eigenvalue weighted by Gasteiger charge is 2.41. The van der Waals surface area contributed by atoms with E-state index < -0.39 is 0 Å². The predicted octanol–water partition coefficient (Wildman–Crippen LogP) is 1.41. The summed E-state index contributed by atoms with van der Waals surface area (Å²) in [6.45, 7) is 5.98. The second-order valence-electron chi connectivity index (χ2n) is 5.79. The Bertz CT molecular complexity index is 390. The summed E-state index contributed by atoms with van der Waals surface area (Å²) in [4.78, 5) is 16.8. The van der Waals surface area contributed by atoms with Gasteiger partial charge in [-0.05, 0) is 63.4 Å². The molecule has 0 radical (unpaired) electrons. The Kier molecular flexibility index (Phi) is 3.85. The first-order valence-corrected chi connectivity index (χ1v) is 6.79. The molecule has 1 spiro atoms. The van der Waals surface area contributed by atoms with Gasteiger partial charge in [0.2, 0.25) is 0 Å². The third-order valence-corrected chi connectivity index (χ3v) is 3.92. The number of nitrogens with two attached hydrogens (primary N) is 1. The van der Waals surface area contributed by atoms with Gasteiger partial charge in [0.25, 0.3) is 0 Å². The number of hydrogen-bond acceptors (Lipinski definition) is 4. The topological polar surface area (TPSA) is 67.5 Å². The largest absolute Gasteiger partial charge is 0.404 e. The Morgan fingerprint density at radius 1 is 1.33 bits per heavy atom. The number of aliphatic imine (C=N–C) groups is 1. The SMILES string of the molecule is CC(C)N=C1C(=O)CC2(CCNCC2)CC1=CN. The van der Waals surface area contributed by atoms with Gasteiger partial charge in [0, 0.05) is 12.5 Å². The summed E-state index contributed by atoms with van der Waals surface area (Å²) in [6, 6.07) is 0.140. The van der Waals surface area contributed by atoms with Crippen molar-refractivity contribution in [2.24, 2.45) is 16.1 Å². The minimum Gasteiger partial charge on any atom is -0.404 e. The minimum atomic E-state index is 0.129. The lowest BCUT2D eigenvalue weighted by molar-refractivity contribution is -0.116. The molecule has 0 bridgehead atoms. The molecule has 2 aliphatic rings. The Morgan fingerprint density at radius 3 is 2.56 bits per heavy atom. The molecule has 4 heteroatoms. The molecule has 4 nitrogen and oxygen atoms in total. The molecule has 2 fully saturated rings. The van der Waals surface area contributed by atoms with Gasteiger partial charge < -0.3 is 11.1 Å². The van der Waals surface area contributed by atoms with Crippen LogP contribution in [0.5, 0.6) is 0 Å². The smallest absolute Gasteiger partial charge is 0.181 e. The number of allylic oxidation sites excluding steroid dienone is 1. The van der Waals surface area contributed by atoms with Crippen LogP contribution in [0.2, 0.25) is 0 Å². The van der Waals surface area contributed by atoms with E-state index in [-0.39, 0.29) is 17.2 Å². The monoisotopic (exact) mass is 249 g/mol. The Morgan fingerprint density at radius 2 is 2.00 bits per heavy atom. The van der Waals surface area contributed by atoms with Gasteiger partial charge in [-0.2, -0.15) is 0 Å². The first-order valence-electron chi connectivity index (χ1n) is 6.79. The molecule has 0 amide bonds. The van der Waals surface area contributed by atoms with Crippen LogP contribution in [-0.2, 0) is 4.79 Å². The maximum Gasteiger partial charge on any atom is 0.181 e. The van der Waals surface area contributed by atoms with E-state index in [9.17, 15) is 4.79 Å². The molecule has 1 heterocycles. The van der Waals surface area contributed by atoms with E-state index in [2.05, 4.69) is 10.3 Å². The fourth-order valence-electron chi connectivity index (χ4n) is 3.02. The lowest BCUT2D eigenvalue weighted by atomic mass is 9.66. The normalized spacial score (nSPS) is 28.5. The summed E-state index contributed by atoms with van der Waals surface area (Å²) < 4.78 is 0. The molecular weight excluding hydrogens is 226 g/mol. The van der Waals surface area contributed by atoms with Gasteiger partial charge in [-0.25, -0.2) is 0 Å². The number of piperidine rings is 1. The number of rotatable bonds is 1. The molecule has 1 saturated heterocycles. The van der Waals surface area contributed by atoms with Crippen LogP contribution in [0.1, 0.15) is 39.5 Å². The van der Waals surface area contributed by atoms with E-state index in [1.165, 1.54) is 0 Å². The van der Waals surface area contributed by atoms with Crippen molar-refractivity contribution in [3.8, 4) is 0 Å². The van der Waals surface area contributed by atoms with Crippen molar-refractivity contribution in [3.63, 3.8) is 0 Å². The summed E-state index contributed by atoms with van der Waals surface area (Å²) in [5, 5.41) is 3.36. The van der Waals surface area contributed by atoms with Crippen LogP contribution in [0.15, 0.2) is 16.8 Å². The van der Waals surface area contributed by atoms with Crippen LogP contribution in [0, 0.1) is 5.41 Å². The minimum absolute atomic E-state index is 0.129. The zero-order valence-corrected chi connectivity index (χ0v) is 11.3. The van der Waals surface area contributed by atoms with Crippen LogP contribution in [0.25, 0.3) is 0 Å². The first kappa shape index (κ1) is 13.3. The molecule has 0 aromatic heterocycles. The average molecular weight is 249 g/mol. The van der Waals surface area contributed by atoms with E-state index >= 15 is 0 Å². The average Bonchev–Trinajstić information content (AvgIpc) is 2.33. The Labute approximate surface area is 109 Å². The molecule has 3 N–H and O–H groups in total. The number of nitrogens with zero attached hydrogens (tertiary/aromatic N) is 1. The van der Waals surface area contributed by atoms with E-state index in [4.69, 9.17) is 5.73 Å². The molecule has 100 valence electrons. The van der Waals surface area contributed by atoms with Crippen molar-refractivity contribution >= 4 is 11.5 Å². The third kappa shape index (κ3) is 2.64. The molecule has 0 aromatic rings. The number of carbonyl (C=O) groups excluding carboxylic acids is 1. The summed E-state index contributed by atoms with van der Waals surface area (Å²) in [7, 11) is 0. The maximum absolute atomic E-state index is 12.3. The van der Waals surface area contributed by atoms with Crippen LogP contribution in [0.4, 0.5) is 0 Å². The molecule has 18 heavy (non-hydrogen) atoms. The van der Waals surface area contributed by atoms with Crippen molar-refractivity contribution in [3.05, 3.63) is 11.8 Å². The molecule has 0 unspecified atom stereocenters. The highest BCUT2D eigenvalue weighted by atomic mass is 16.1. The summed E-state index contributed by atoms with van der Waals surface area (Å²) in [6.07, 6.45) is 5.25. The van der Waals surface area contributed by atoms with Gasteiger partial charge in [-0.1, -0.05) is 0 Å².